The van der Waals surface area contributed by atoms with Gasteiger partial charge in [0.05, 0.1) is 12.2 Å². The Morgan fingerprint density at radius 1 is 1.27 bits per heavy atom. The highest BCUT2D eigenvalue weighted by Gasteiger charge is 2.14. The Kier molecular flexibility index (Phi) is 4.24. The Morgan fingerprint density at radius 2 is 2.00 bits per heavy atom. The second-order valence-corrected chi connectivity index (χ2v) is 5.21. The van der Waals surface area contributed by atoms with Crippen LogP contribution in [-0.2, 0) is 6.42 Å². The van der Waals surface area contributed by atoms with Crippen LogP contribution in [0.3, 0.4) is 0 Å². The molecule has 1 aromatic rings. The Labute approximate surface area is 100 Å². The monoisotopic (exact) mass is 270 g/mol. The van der Waals surface area contributed by atoms with Gasteiger partial charge in [0.1, 0.15) is 0 Å². The summed E-state index contributed by atoms with van der Waals surface area (Å²) in [6, 6.07) is 0.663. The molecule has 15 heavy (non-hydrogen) atoms. The highest BCUT2D eigenvalue weighted by Crippen LogP contribution is 2.26. The lowest BCUT2D eigenvalue weighted by atomic mass is 10.1. The number of halogens is 1. The largest absolute Gasteiger partial charge is 0.269 e. The zero-order valence-corrected chi connectivity index (χ0v) is 10.7. The summed E-state index contributed by atoms with van der Waals surface area (Å²) in [6.07, 6.45) is 13.5. The van der Waals surface area contributed by atoms with Gasteiger partial charge in [-0.15, -0.1) is 0 Å². The highest BCUT2D eigenvalue weighted by atomic mass is 79.9. The van der Waals surface area contributed by atoms with Gasteiger partial charge in [-0.25, -0.2) is 0 Å². The van der Waals surface area contributed by atoms with Gasteiger partial charge in [0.25, 0.3) is 0 Å². The third-order valence-corrected chi connectivity index (χ3v) is 3.63. The number of nitrogens with zero attached hydrogens (tertiary/aromatic N) is 2. The number of alkyl halides is 1. The molecule has 2 rings (SSSR count). The molecule has 0 N–H and O–H groups in total. The second kappa shape index (κ2) is 5.69. The fourth-order valence-corrected chi connectivity index (χ4v) is 2.80. The zero-order valence-electron chi connectivity index (χ0n) is 9.16. The molecule has 3 heteroatoms. The van der Waals surface area contributed by atoms with Crippen molar-refractivity contribution in [3.05, 3.63) is 18.0 Å². The first kappa shape index (κ1) is 11.2. The average Bonchev–Trinajstić information content (AvgIpc) is 2.53. The molecule has 1 saturated carbocycles. The lowest BCUT2D eigenvalue weighted by Crippen LogP contribution is -2.08. The lowest BCUT2D eigenvalue weighted by Gasteiger charge is -2.14. The van der Waals surface area contributed by atoms with Crippen molar-refractivity contribution in [3.8, 4) is 0 Å². The van der Waals surface area contributed by atoms with Crippen molar-refractivity contribution in [2.45, 2.75) is 51.0 Å². The summed E-state index contributed by atoms with van der Waals surface area (Å²) in [6.45, 7) is 0. The molecule has 1 aromatic heterocycles. The Hall–Kier alpha value is -0.310. The predicted molar refractivity (Wildman–Crippen MR) is 66.5 cm³/mol. The van der Waals surface area contributed by atoms with Crippen molar-refractivity contribution in [2.75, 3.05) is 5.33 Å². The van der Waals surface area contributed by atoms with Crippen molar-refractivity contribution in [2.24, 2.45) is 0 Å². The smallest absolute Gasteiger partial charge is 0.0522 e. The standard InChI is InChI=1S/C12H19BrN2/c13-8-7-11-9-14-15(10-11)12-5-3-1-2-4-6-12/h9-10,12H,1-8H2. The van der Waals surface area contributed by atoms with E-state index < -0.39 is 0 Å². The van der Waals surface area contributed by atoms with Crippen LogP contribution >= 0.6 is 15.9 Å². The van der Waals surface area contributed by atoms with Gasteiger partial charge in [-0.3, -0.25) is 4.68 Å². The summed E-state index contributed by atoms with van der Waals surface area (Å²) >= 11 is 3.47. The number of aromatic nitrogens is 2. The molecule has 0 saturated heterocycles. The van der Waals surface area contributed by atoms with Crippen LogP contribution in [0.5, 0.6) is 0 Å². The summed E-state index contributed by atoms with van der Waals surface area (Å²) in [5, 5.41) is 5.53. The average molecular weight is 271 g/mol. The van der Waals surface area contributed by atoms with Gasteiger partial charge in [0.2, 0.25) is 0 Å². The predicted octanol–water partition coefficient (Wildman–Crippen LogP) is 3.72. The third-order valence-electron chi connectivity index (χ3n) is 3.24. The first-order valence-electron chi connectivity index (χ1n) is 5.99. The van der Waals surface area contributed by atoms with E-state index in [4.69, 9.17) is 0 Å². The quantitative estimate of drug-likeness (QED) is 0.605. The number of aryl methyl sites for hydroxylation is 1. The van der Waals surface area contributed by atoms with E-state index in [0.717, 1.165) is 11.8 Å². The molecule has 2 nitrogen and oxygen atoms in total. The SMILES string of the molecule is BrCCc1cnn(C2CCCCCC2)c1. The normalized spacial score (nSPS) is 19.0. The van der Waals surface area contributed by atoms with Crippen LogP contribution in [0.4, 0.5) is 0 Å². The fourth-order valence-electron chi connectivity index (χ4n) is 2.34. The Morgan fingerprint density at radius 3 is 2.67 bits per heavy atom. The van der Waals surface area contributed by atoms with Crippen LogP contribution < -0.4 is 0 Å². The molecule has 0 radical (unpaired) electrons. The van der Waals surface area contributed by atoms with E-state index in [9.17, 15) is 0 Å². The Balaban J connectivity index is 2.00. The topological polar surface area (TPSA) is 17.8 Å². The summed E-state index contributed by atoms with van der Waals surface area (Å²) < 4.78 is 2.20. The number of hydrogen-bond acceptors (Lipinski definition) is 1. The molecule has 84 valence electrons. The van der Waals surface area contributed by atoms with Crippen LogP contribution in [0.1, 0.15) is 50.1 Å². The van der Waals surface area contributed by atoms with Crippen molar-refractivity contribution in [1.82, 2.24) is 9.78 Å². The second-order valence-electron chi connectivity index (χ2n) is 4.41. The van der Waals surface area contributed by atoms with Gasteiger partial charge >= 0.3 is 0 Å². The molecule has 0 atom stereocenters. The van der Waals surface area contributed by atoms with E-state index in [1.165, 1.54) is 44.1 Å². The van der Waals surface area contributed by atoms with E-state index in [1.54, 1.807) is 0 Å². The van der Waals surface area contributed by atoms with E-state index >= 15 is 0 Å². The molecule has 0 amide bonds. The minimum absolute atomic E-state index is 0.663. The van der Waals surface area contributed by atoms with Crippen LogP contribution in [-0.4, -0.2) is 15.1 Å². The van der Waals surface area contributed by atoms with Gasteiger partial charge in [-0.05, 0) is 24.8 Å². The summed E-state index contributed by atoms with van der Waals surface area (Å²) in [7, 11) is 0. The molecule has 0 bridgehead atoms. The van der Waals surface area contributed by atoms with Crippen LogP contribution in [0.25, 0.3) is 0 Å². The molecule has 1 fully saturated rings. The first-order chi connectivity index (χ1) is 7.40. The van der Waals surface area contributed by atoms with Crippen molar-refractivity contribution in [1.29, 1.82) is 0 Å². The van der Waals surface area contributed by atoms with E-state index in [-0.39, 0.29) is 0 Å². The van der Waals surface area contributed by atoms with E-state index in [1.807, 2.05) is 6.20 Å². The van der Waals surface area contributed by atoms with Crippen molar-refractivity contribution >= 4 is 15.9 Å². The van der Waals surface area contributed by atoms with E-state index in [0.29, 0.717) is 6.04 Å². The number of hydrogen-bond donors (Lipinski definition) is 0. The molecule has 0 aliphatic heterocycles. The lowest BCUT2D eigenvalue weighted by molar-refractivity contribution is 0.405. The molecule has 1 aliphatic rings. The maximum atomic E-state index is 4.50. The molecular weight excluding hydrogens is 252 g/mol. The van der Waals surface area contributed by atoms with Gasteiger partial charge in [0.15, 0.2) is 0 Å². The summed E-state index contributed by atoms with van der Waals surface area (Å²) in [5.74, 6) is 0. The van der Waals surface area contributed by atoms with Crippen molar-refractivity contribution < 1.29 is 0 Å². The third kappa shape index (κ3) is 3.07. The van der Waals surface area contributed by atoms with Crippen LogP contribution in [0, 0.1) is 0 Å². The van der Waals surface area contributed by atoms with Crippen molar-refractivity contribution in [3.63, 3.8) is 0 Å². The molecule has 0 unspecified atom stereocenters. The maximum Gasteiger partial charge on any atom is 0.0522 e. The summed E-state index contributed by atoms with van der Waals surface area (Å²) in [5.41, 5.74) is 1.36. The van der Waals surface area contributed by atoms with Crippen LogP contribution in [0.2, 0.25) is 0 Å². The first-order valence-corrected chi connectivity index (χ1v) is 7.11. The van der Waals surface area contributed by atoms with E-state index in [2.05, 4.69) is 31.9 Å². The van der Waals surface area contributed by atoms with Gasteiger partial charge < -0.3 is 0 Å². The zero-order chi connectivity index (χ0) is 10.5. The van der Waals surface area contributed by atoms with Crippen LogP contribution in [0.15, 0.2) is 12.4 Å². The van der Waals surface area contributed by atoms with Gasteiger partial charge in [-0.2, -0.15) is 5.10 Å². The summed E-state index contributed by atoms with van der Waals surface area (Å²) in [4.78, 5) is 0. The fraction of sp³-hybridized carbons (Fsp3) is 0.750. The minimum Gasteiger partial charge on any atom is -0.269 e. The maximum absolute atomic E-state index is 4.50. The molecule has 1 heterocycles. The molecule has 0 aromatic carbocycles. The highest BCUT2D eigenvalue weighted by molar-refractivity contribution is 9.09. The number of rotatable bonds is 3. The molecule has 0 spiro atoms. The Bertz CT molecular complexity index is 288. The molecule has 1 aliphatic carbocycles. The van der Waals surface area contributed by atoms with Gasteiger partial charge in [-0.1, -0.05) is 41.6 Å². The minimum atomic E-state index is 0.663. The molecular formula is C12H19BrN2. The van der Waals surface area contributed by atoms with Gasteiger partial charge in [0, 0.05) is 11.5 Å².